The Bertz CT molecular complexity index is 3050. The highest BCUT2D eigenvalue weighted by Crippen LogP contribution is 2.53. The molecule has 0 aliphatic heterocycles. The van der Waals surface area contributed by atoms with Gasteiger partial charge in [-0.25, -0.2) is 0 Å². The molecule has 492 valence electrons. The molecule has 6 aromatic carbocycles. The highest BCUT2D eigenvalue weighted by atomic mass is 29.2. The van der Waals surface area contributed by atoms with Gasteiger partial charge in [-0.1, -0.05) is 358 Å². The van der Waals surface area contributed by atoms with E-state index in [0.717, 1.165) is 16.7 Å². The molecule has 0 saturated heterocycles. The molecule has 1 unspecified atom stereocenters. The van der Waals surface area contributed by atoms with E-state index in [2.05, 4.69) is 358 Å². The SMILES string of the molecule is [2H][Si](OC)([Si]C(c1cc(C(C)(C)C)cc(C(C)(C)C)c1)(c1cc(C(C)(C)C)cc(C(C)(C)C)c1)c1cc(C(C)(C)C)cc(C(C)(C)C)c1)C(c1cc(C(C)(C)C)cc(C(C)(C)C)c1)(c1cc(C(C)(C)C)cc(C(C)(C)C)c1)c1cc(C(C)(C)C)cc(C(C)(C)C)c1. The molecule has 0 aliphatic rings. The normalized spacial score (nSPS) is 15.3. The Labute approximate surface area is 560 Å². The minimum absolute atomic E-state index is 0.139. The van der Waals surface area contributed by atoms with Crippen LogP contribution in [0.15, 0.2) is 109 Å². The van der Waals surface area contributed by atoms with Crippen LogP contribution in [0.5, 0.6) is 0 Å². The molecule has 0 amide bonds. The molecule has 0 fully saturated rings. The molecule has 0 saturated carbocycles. The summed E-state index contributed by atoms with van der Waals surface area (Å²) >= 11 is 0. The summed E-state index contributed by atoms with van der Waals surface area (Å²) in [6, 6.07) is 46.0. The lowest BCUT2D eigenvalue weighted by Gasteiger charge is -2.48. The van der Waals surface area contributed by atoms with Gasteiger partial charge in [0.15, 0.2) is 8.49 Å². The first-order chi connectivity index (χ1) is 40.4. The molecule has 0 aliphatic carbocycles. The summed E-state index contributed by atoms with van der Waals surface area (Å²) in [5.74, 6) is 0. The second-order valence-corrected chi connectivity index (χ2v) is 44.9. The first kappa shape index (κ1) is 73.1. The molecule has 0 spiro atoms. The third kappa shape index (κ3) is 16.1. The molecular weight excluding hydrogens is 1120 g/mol. The zero-order valence-corrected chi connectivity index (χ0v) is 66.8. The molecular formula is C87H130OSi2. The molecule has 90 heavy (non-hydrogen) atoms. The fourth-order valence-electron chi connectivity index (χ4n) is 12.3. The third-order valence-corrected chi connectivity index (χ3v) is 26.4. The second kappa shape index (κ2) is 24.2. The molecule has 6 aromatic rings. The van der Waals surface area contributed by atoms with Crippen LogP contribution >= 0.6 is 0 Å². The lowest BCUT2D eigenvalue weighted by molar-refractivity contribution is 0.414. The second-order valence-electron chi connectivity index (χ2n) is 40.0. The Morgan fingerprint density at radius 2 is 0.322 bits per heavy atom. The predicted octanol–water partition coefficient (Wildman–Crippen LogP) is 23.7. The van der Waals surface area contributed by atoms with Gasteiger partial charge in [0.2, 0.25) is 0 Å². The molecule has 1 atom stereocenters. The molecule has 0 bridgehead atoms. The molecule has 0 heterocycles. The average Bonchev–Trinajstić information content (AvgIpc) is 0.692. The van der Waals surface area contributed by atoms with E-state index >= 15 is 0 Å². The Balaban J connectivity index is 2.27. The van der Waals surface area contributed by atoms with E-state index < -0.39 is 18.6 Å². The van der Waals surface area contributed by atoms with E-state index in [-0.39, 0.29) is 74.0 Å². The lowest BCUT2D eigenvalue weighted by atomic mass is 9.71. The van der Waals surface area contributed by atoms with Crippen LogP contribution in [0.4, 0.5) is 0 Å². The Morgan fingerprint density at radius 1 is 0.211 bits per heavy atom. The van der Waals surface area contributed by atoms with Gasteiger partial charge in [-0.2, -0.15) is 0 Å². The first-order valence-corrected chi connectivity index (χ1v) is 37.7. The van der Waals surface area contributed by atoms with Crippen molar-refractivity contribution in [2.45, 2.75) is 324 Å². The lowest BCUT2D eigenvalue weighted by Crippen LogP contribution is -2.58. The Hall–Kier alpha value is -4.29. The van der Waals surface area contributed by atoms with Gasteiger partial charge in [-0.3, -0.25) is 0 Å². The number of hydrogen-bond donors (Lipinski definition) is 0. The maximum atomic E-state index is 13.3. The summed E-state index contributed by atoms with van der Waals surface area (Å²) < 4.78 is 21.5. The zero-order valence-electron chi connectivity index (χ0n) is 65.8. The van der Waals surface area contributed by atoms with Gasteiger partial charge in [0.25, 0.3) is 0 Å². The van der Waals surface area contributed by atoms with Crippen LogP contribution in [0.1, 0.15) is 349 Å². The quantitative estimate of drug-likeness (QED) is 0.0981. The number of rotatable bonds is 10. The van der Waals surface area contributed by atoms with Crippen molar-refractivity contribution in [2.75, 3.05) is 7.11 Å². The third-order valence-electron chi connectivity index (χ3n) is 19.4. The average molecular weight is 1250 g/mol. The van der Waals surface area contributed by atoms with E-state index in [9.17, 15) is 1.23 Å². The predicted molar refractivity (Wildman–Crippen MR) is 403 cm³/mol. The molecule has 3 heteroatoms. The van der Waals surface area contributed by atoms with E-state index in [1.807, 2.05) is 7.11 Å². The van der Waals surface area contributed by atoms with Crippen LogP contribution in [0.25, 0.3) is 0 Å². The molecule has 0 aromatic heterocycles. The van der Waals surface area contributed by atoms with E-state index in [4.69, 9.17) is 4.43 Å². The van der Waals surface area contributed by atoms with Crippen molar-refractivity contribution in [2.24, 2.45) is 0 Å². The van der Waals surface area contributed by atoms with Crippen molar-refractivity contribution in [3.63, 3.8) is 0 Å². The van der Waals surface area contributed by atoms with Crippen LogP contribution in [-0.4, -0.2) is 25.9 Å². The van der Waals surface area contributed by atoms with Crippen LogP contribution < -0.4 is 0 Å². The van der Waals surface area contributed by atoms with E-state index in [0.29, 0.717) is 0 Å². The van der Waals surface area contributed by atoms with Crippen LogP contribution in [0.2, 0.25) is 0 Å². The fraction of sp³-hybridized carbons (Fsp3) is 0.586. The first-order valence-electron chi connectivity index (χ1n) is 34.8. The monoisotopic (exact) mass is 1250 g/mol. The van der Waals surface area contributed by atoms with Gasteiger partial charge >= 0.3 is 0 Å². The van der Waals surface area contributed by atoms with Gasteiger partial charge in [0, 0.05) is 13.4 Å². The smallest absolute Gasteiger partial charge is 0.180 e. The fourth-order valence-corrected chi connectivity index (χ4v) is 19.8. The van der Waals surface area contributed by atoms with Crippen molar-refractivity contribution in [3.05, 3.63) is 209 Å². The zero-order chi connectivity index (χ0) is 70.0. The summed E-state index contributed by atoms with van der Waals surface area (Å²) in [4.78, 5) is 0. The molecule has 2 radical (unpaired) electrons. The van der Waals surface area contributed by atoms with Crippen molar-refractivity contribution in [3.8, 4) is 0 Å². The topological polar surface area (TPSA) is 9.23 Å². The van der Waals surface area contributed by atoms with Crippen molar-refractivity contribution in [1.29, 1.82) is 1.23 Å². The van der Waals surface area contributed by atoms with Crippen LogP contribution in [0, 0.1) is 0 Å². The number of benzene rings is 6. The highest BCUT2D eigenvalue weighted by Gasteiger charge is 2.54. The largest absolute Gasteiger partial charge is 0.425 e. The summed E-state index contributed by atoms with van der Waals surface area (Å²) in [6.07, 6.45) is 0. The summed E-state index contributed by atoms with van der Waals surface area (Å²) in [6.45, 7) is 85.8. The van der Waals surface area contributed by atoms with Gasteiger partial charge in [-0.15, -0.1) is 0 Å². The summed E-state index contributed by atoms with van der Waals surface area (Å²) in [5.41, 5.74) is 19.7. The van der Waals surface area contributed by atoms with Gasteiger partial charge in [-0.05, 0) is 165 Å². The minimum atomic E-state index is -4.50. The van der Waals surface area contributed by atoms with Crippen molar-refractivity contribution in [1.82, 2.24) is 0 Å². The molecule has 6 rings (SSSR count). The molecule has 1 nitrogen and oxygen atoms in total. The standard InChI is InChI=1S/C87H130OSi2/c1-74(2,3)56-38-57(75(4,5)6)45-68(44-56)86(69-46-58(76(7,8)9)39-59(47-69)77(10,11)12,70-48-60(78(13,14)15)40-61(49-70)79(16,17)18)89-90(88-37)87(71-50-62(80(19,20)21)41-63(51-71)81(22,23)24,72-52-64(82(25,26)27)42-65(53-72)83(28,29)30)73-54-66(84(31,32)33)43-67(55-73)85(34,35)36/h38-55,90H,1-37H3/i90D. The highest BCUT2D eigenvalue weighted by molar-refractivity contribution is 7.12. The van der Waals surface area contributed by atoms with Crippen LogP contribution in [0.3, 0.4) is 0 Å². The van der Waals surface area contributed by atoms with Crippen molar-refractivity contribution >= 4 is 17.5 Å². The maximum absolute atomic E-state index is 13.3. The van der Waals surface area contributed by atoms with E-state index in [1.54, 1.807) is 0 Å². The minimum Gasteiger partial charge on any atom is -0.425 e. The summed E-state index contributed by atoms with van der Waals surface area (Å²) in [7, 11) is -2.68. The Kier molecular flexibility index (Phi) is 19.6. The molecule has 0 N–H and O–H groups in total. The number of hydrogen-bond acceptors (Lipinski definition) is 1. The van der Waals surface area contributed by atoms with Gasteiger partial charge in [0.1, 0.15) is 0 Å². The van der Waals surface area contributed by atoms with Crippen molar-refractivity contribution < 1.29 is 4.43 Å². The summed E-state index contributed by atoms with van der Waals surface area (Å²) in [5, 5.41) is -2.19. The Morgan fingerprint density at radius 3 is 0.433 bits per heavy atom. The van der Waals surface area contributed by atoms with Gasteiger partial charge in [0.05, 0.1) is 14.1 Å². The van der Waals surface area contributed by atoms with Crippen LogP contribution in [-0.2, 0) is 79.5 Å². The van der Waals surface area contributed by atoms with E-state index in [1.165, 1.54) is 83.5 Å². The van der Waals surface area contributed by atoms with Gasteiger partial charge < -0.3 is 4.43 Å². The maximum Gasteiger partial charge on any atom is 0.180 e.